The molecule has 0 saturated heterocycles. The van der Waals surface area contributed by atoms with E-state index in [1.165, 1.54) is 13.8 Å². The van der Waals surface area contributed by atoms with Crippen LogP contribution in [-0.4, -0.2) is 98.2 Å². The van der Waals surface area contributed by atoms with Crippen molar-refractivity contribution in [2.24, 2.45) is 28.1 Å². The molecule has 1 aliphatic rings. The lowest BCUT2D eigenvalue weighted by Gasteiger charge is -2.26. The summed E-state index contributed by atoms with van der Waals surface area (Å²) in [6.07, 6.45) is 3.73. The Hall–Kier alpha value is -3.75. The molecule has 1 saturated carbocycles. The van der Waals surface area contributed by atoms with Crippen LogP contribution < -0.4 is 0 Å². The predicted molar refractivity (Wildman–Crippen MR) is 177 cm³/mol. The third-order valence-electron chi connectivity index (χ3n) is 8.51. The minimum Gasteiger partial charge on any atom is -0.481 e. The first-order chi connectivity index (χ1) is 23.2. The lowest BCUT2D eigenvalue weighted by Crippen LogP contribution is -2.34. The molecule has 15 nitrogen and oxygen atoms in total. The van der Waals surface area contributed by atoms with E-state index in [0.29, 0.717) is 25.7 Å². The molecule has 288 valence electrons. The number of rotatable bonds is 21. The summed E-state index contributed by atoms with van der Waals surface area (Å²) in [4.78, 5) is 80.6. The largest absolute Gasteiger partial charge is 0.481 e. The Morgan fingerprint density at radius 2 is 1.00 bits per heavy atom. The lowest BCUT2D eigenvalue weighted by atomic mass is 9.79. The lowest BCUT2D eigenvalue weighted by molar-refractivity contribution is -0.161. The Labute approximate surface area is 295 Å². The number of hydrogen-bond donors (Lipinski definition) is 2. The van der Waals surface area contributed by atoms with Gasteiger partial charge in [-0.1, -0.05) is 26.7 Å². The Kier molecular flexibility index (Phi) is 21.1. The van der Waals surface area contributed by atoms with Crippen LogP contribution in [0.1, 0.15) is 107 Å². The second kappa shape index (κ2) is 22.9. The van der Waals surface area contributed by atoms with Gasteiger partial charge in [0.15, 0.2) is 0 Å². The molecule has 1 fully saturated rings. The number of esters is 5. The van der Waals surface area contributed by atoms with Crippen LogP contribution in [0.3, 0.4) is 0 Å². The zero-order chi connectivity index (χ0) is 38.5. The SMILES string of the molecule is CCC(C)(C)C(=O)OCCOC(=O)CC(C)(C)C(=O)O.CCC(C)(C)C(=O)OCCOC(=O)CCOCCOC(=O)C1CCCCC1C(=O)O. The van der Waals surface area contributed by atoms with Gasteiger partial charge in [-0.3, -0.25) is 33.6 Å². The summed E-state index contributed by atoms with van der Waals surface area (Å²) < 4.78 is 30.2. The molecular weight excluding hydrogens is 660 g/mol. The second-order valence-electron chi connectivity index (χ2n) is 13.9. The smallest absolute Gasteiger partial charge is 0.311 e. The fourth-order valence-corrected chi connectivity index (χ4v) is 4.09. The Bertz CT molecular complexity index is 1130. The number of carbonyl (C=O) groups is 7. The fraction of sp³-hybridized carbons (Fsp3) is 0.800. The van der Waals surface area contributed by atoms with Crippen molar-refractivity contribution < 1.29 is 72.2 Å². The average molecular weight is 719 g/mol. The van der Waals surface area contributed by atoms with Crippen LogP contribution >= 0.6 is 0 Å². The van der Waals surface area contributed by atoms with Crippen molar-refractivity contribution >= 4 is 41.8 Å². The minimum atomic E-state index is -1.17. The van der Waals surface area contributed by atoms with E-state index >= 15 is 0 Å². The molecule has 0 aromatic heterocycles. The van der Waals surface area contributed by atoms with Gasteiger partial charge in [0.1, 0.15) is 33.0 Å². The molecule has 2 N–H and O–H groups in total. The summed E-state index contributed by atoms with van der Waals surface area (Å²) in [7, 11) is 0. The summed E-state index contributed by atoms with van der Waals surface area (Å²) in [6.45, 7) is 13.9. The average Bonchev–Trinajstić information content (AvgIpc) is 3.06. The third kappa shape index (κ3) is 18.3. The third-order valence-corrected chi connectivity index (χ3v) is 8.51. The molecule has 0 aromatic carbocycles. The van der Waals surface area contributed by atoms with E-state index in [2.05, 4.69) is 0 Å². The molecule has 2 unspecified atom stereocenters. The maximum atomic E-state index is 12.1. The van der Waals surface area contributed by atoms with Crippen LogP contribution in [0.5, 0.6) is 0 Å². The first-order valence-electron chi connectivity index (χ1n) is 17.1. The Morgan fingerprint density at radius 1 is 0.560 bits per heavy atom. The van der Waals surface area contributed by atoms with E-state index < -0.39 is 57.9 Å². The van der Waals surface area contributed by atoms with Gasteiger partial charge >= 0.3 is 41.8 Å². The van der Waals surface area contributed by atoms with E-state index in [-0.39, 0.29) is 71.0 Å². The van der Waals surface area contributed by atoms with Crippen molar-refractivity contribution in [2.75, 3.05) is 46.2 Å². The molecule has 50 heavy (non-hydrogen) atoms. The monoisotopic (exact) mass is 718 g/mol. The van der Waals surface area contributed by atoms with Crippen LogP contribution in [0.25, 0.3) is 0 Å². The van der Waals surface area contributed by atoms with Gasteiger partial charge in [-0.05, 0) is 67.2 Å². The van der Waals surface area contributed by atoms with E-state index in [4.69, 9.17) is 33.5 Å². The molecule has 0 spiro atoms. The van der Waals surface area contributed by atoms with Crippen molar-refractivity contribution in [3.8, 4) is 0 Å². The molecule has 0 amide bonds. The van der Waals surface area contributed by atoms with Gasteiger partial charge in [0.2, 0.25) is 0 Å². The normalized spacial score (nSPS) is 16.2. The fourth-order valence-electron chi connectivity index (χ4n) is 4.09. The number of aliphatic carboxylic acids is 2. The van der Waals surface area contributed by atoms with E-state index in [1.54, 1.807) is 27.7 Å². The van der Waals surface area contributed by atoms with Crippen molar-refractivity contribution in [3.63, 3.8) is 0 Å². The molecule has 15 heteroatoms. The Balaban J connectivity index is 0.00000105. The van der Waals surface area contributed by atoms with Crippen LogP contribution in [0.2, 0.25) is 0 Å². The summed E-state index contributed by atoms with van der Waals surface area (Å²) >= 11 is 0. The molecule has 0 radical (unpaired) electrons. The number of carboxylic acid groups (broad SMARTS) is 2. The first kappa shape index (κ1) is 46.2. The van der Waals surface area contributed by atoms with Crippen molar-refractivity contribution in [2.45, 2.75) is 107 Å². The van der Waals surface area contributed by atoms with Gasteiger partial charge in [-0.15, -0.1) is 0 Å². The molecular formula is C35H58O15. The molecule has 1 aliphatic carbocycles. The van der Waals surface area contributed by atoms with Crippen LogP contribution in [0.15, 0.2) is 0 Å². The van der Waals surface area contributed by atoms with E-state index in [1.807, 2.05) is 13.8 Å². The van der Waals surface area contributed by atoms with Gasteiger partial charge in [-0.25, -0.2) is 0 Å². The number of carboxylic acids is 2. The molecule has 0 aromatic rings. The van der Waals surface area contributed by atoms with E-state index in [9.17, 15) is 38.7 Å². The number of hydrogen-bond acceptors (Lipinski definition) is 13. The first-order valence-corrected chi connectivity index (χ1v) is 17.1. The summed E-state index contributed by atoms with van der Waals surface area (Å²) in [5, 5.41) is 18.1. The van der Waals surface area contributed by atoms with Gasteiger partial charge < -0.3 is 38.6 Å². The van der Waals surface area contributed by atoms with Gasteiger partial charge in [0.05, 0.1) is 54.1 Å². The van der Waals surface area contributed by atoms with Crippen molar-refractivity contribution in [3.05, 3.63) is 0 Å². The molecule has 1 rings (SSSR count). The van der Waals surface area contributed by atoms with Crippen molar-refractivity contribution in [1.29, 1.82) is 0 Å². The topological polar surface area (TPSA) is 215 Å². The molecule has 0 heterocycles. The second-order valence-corrected chi connectivity index (χ2v) is 13.9. The van der Waals surface area contributed by atoms with Gasteiger partial charge in [0.25, 0.3) is 0 Å². The van der Waals surface area contributed by atoms with Gasteiger partial charge in [0, 0.05) is 0 Å². The zero-order valence-electron chi connectivity index (χ0n) is 31.0. The Morgan fingerprint density at radius 3 is 1.46 bits per heavy atom. The summed E-state index contributed by atoms with van der Waals surface area (Å²) in [6, 6.07) is 0. The van der Waals surface area contributed by atoms with Crippen LogP contribution in [0, 0.1) is 28.1 Å². The highest BCUT2D eigenvalue weighted by atomic mass is 16.6. The highest BCUT2D eigenvalue weighted by molar-refractivity contribution is 5.82. The number of carbonyl (C=O) groups excluding carboxylic acids is 5. The van der Waals surface area contributed by atoms with Crippen molar-refractivity contribution in [1.82, 2.24) is 0 Å². The summed E-state index contributed by atoms with van der Waals surface area (Å²) in [5.74, 6) is -5.61. The molecule has 2 atom stereocenters. The highest BCUT2D eigenvalue weighted by Crippen LogP contribution is 2.31. The maximum Gasteiger partial charge on any atom is 0.311 e. The highest BCUT2D eigenvalue weighted by Gasteiger charge is 2.37. The van der Waals surface area contributed by atoms with Gasteiger partial charge in [-0.2, -0.15) is 0 Å². The minimum absolute atomic E-state index is 0.000113. The quantitative estimate of drug-likeness (QED) is 0.0958. The number of ether oxygens (including phenoxy) is 6. The maximum absolute atomic E-state index is 12.1. The predicted octanol–water partition coefficient (Wildman–Crippen LogP) is 4.36. The van der Waals surface area contributed by atoms with E-state index in [0.717, 1.165) is 12.8 Å². The zero-order valence-corrected chi connectivity index (χ0v) is 31.0. The summed E-state index contributed by atoms with van der Waals surface area (Å²) in [5.41, 5.74) is -2.29. The standard InChI is InChI=1S/C21H34O9.C14H24O6/c1-4-21(2,3)20(26)30-14-13-28-17(22)9-10-27-11-12-29-19(25)16-8-6-5-7-15(16)18(23)24;1-6-13(2,3)12(18)20-8-7-19-10(15)9-14(4,5)11(16)17/h15-16H,4-14H2,1-3H3,(H,23,24);6-9H2,1-5H3,(H,16,17). The van der Waals surface area contributed by atoms with Crippen LogP contribution in [0.4, 0.5) is 0 Å². The molecule has 0 bridgehead atoms. The van der Waals surface area contributed by atoms with Crippen LogP contribution in [-0.2, 0) is 62.0 Å². The molecule has 0 aliphatic heterocycles.